The fraction of sp³-hybridized carbons (Fsp3) is 0.688. The maximum Gasteiger partial charge on any atom is 1.00 e. The molecule has 168 valence electrons. The Morgan fingerprint density at radius 3 is 2.62 bits per heavy atom. The zero-order chi connectivity index (χ0) is 21.9. The van der Waals surface area contributed by atoms with Crippen LogP contribution in [0.25, 0.3) is 11.2 Å². The van der Waals surface area contributed by atoms with Crippen LogP contribution in [0.15, 0.2) is 11.5 Å². The number of fused-ring (bicyclic) bond motifs is 1. The predicted molar refractivity (Wildman–Crippen MR) is 111 cm³/mol. The Morgan fingerprint density at radius 1 is 1.25 bits per heavy atom. The third-order valence-corrected chi connectivity index (χ3v) is 6.38. The first-order valence-electron chi connectivity index (χ1n) is 9.52. The predicted octanol–water partition coefficient (Wildman–Crippen LogP) is -6.33. The third kappa shape index (κ3) is 8.07. The molecule has 2 aromatic heterocycles. The van der Waals surface area contributed by atoms with Gasteiger partial charge in [0.15, 0.2) is 22.8 Å². The standard InChI is InChI=1S/C16H26N5O6PS2.2Na/c1-2-3-4-5-6-30-16-19-13(17)10-14(20-16)21(8-18-10)15-12(23)11(22)9(27-15)7-26-28(24,25)29;;/h8-9,11-12,15,22-23H,2-7H2,1H3,(H2,17,19,20)(H2,24,25,29);;/q;2*+1/p-2/t9-,11-,12-,15?;;/m1../s1. The molecule has 2 aromatic rings. The molecule has 32 heavy (non-hydrogen) atoms. The number of ether oxygens (including phenoxy) is 1. The number of hydrogen-bond donors (Lipinski definition) is 3. The van der Waals surface area contributed by atoms with Gasteiger partial charge in [0.25, 0.3) is 0 Å². The number of imidazole rings is 1. The van der Waals surface area contributed by atoms with Crippen LogP contribution in [0, 0.1) is 0 Å². The molecule has 0 aromatic carbocycles. The zero-order valence-electron chi connectivity index (χ0n) is 18.3. The number of hydrogen-bond acceptors (Lipinski definition) is 12. The van der Waals surface area contributed by atoms with Crippen molar-refractivity contribution in [3.05, 3.63) is 6.33 Å². The summed E-state index contributed by atoms with van der Waals surface area (Å²) in [6, 6.07) is 0. The molecule has 3 heterocycles. The van der Waals surface area contributed by atoms with Gasteiger partial charge in [0.1, 0.15) is 23.8 Å². The van der Waals surface area contributed by atoms with Gasteiger partial charge in [-0.15, -0.1) is 11.8 Å². The number of thioether (sulfide) groups is 1. The Labute approximate surface area is 239 Å². The average molecular weight is 523 g/mol. The van der Waals surface area contributed by atoms with Crippen molar-refractivity contribution in [1.82, 2.24) is 19.5 Å². The molecule has 0 bridgehead atoms. The summed E-state index contributed by atoms with van der Waals surface area (Å²) in [5.74, 6) is 1.04. The summed E-state index contributed by atoms with van der Waals surface area (Å²) in [5, 5.41) is 21.1. The van der Waals surface area contributed by atoms with Crippen LogP contribution in [-0.2, 0) is 21.1 Å². The molecule has 0 radical (unpaired) electrons. The SMILES string of the molecule is CCCCCCSc1nc(N)c2ncn(C3O[C@H](COP([O-])([O-])=S)[C@@H](O)[C@H]3O)c2n1.[Na+].[Na+]. The summed E-state index contributed by atoms with van der Waals surface area (Å²) in [6.45, 7) is -2.78. The molecule has 0 amide bonds. The van der Waals surface area contributed by atoms with E-state index >= 15 is 0 Å². The second kappa shape index (κ2) is 14.0. The molecule has 1 aliphatic heterocycles. The largest absolute Gasteiger partial charge is 1.00 e. The molecule has 0 aliphatic carbocycles. The third-order valence-electron chi connectivity index (χ3n) is 4.67. The van der Waals surface area contributed by atoms with Crippen molar-refractivity contribution in [3.8, 4) is 0 Å². The summed E-state index contributed by atoms with van der Waals surface area (Å²) in [6.07, 6.45) is 0.945. The van der Waals surface area contributed by atoms with Crippen molar-refractivity contribution >= 4 is 47.3 Å². The van der Waals surface area contributed by atoms with Crippen LogP contribution in [0.4, 0.5) is 5.82 Å². The van der Waals surface area contributed by atoms with Gasteiger partial charge in [0.2, 0.25) is 0 Å². The van der Waals surface area contributed by atoms with Crippen LogP contribution < -0.4 is 74.6 Å². The fourth-order valence-electron chi connectivity index (χ4n) is 3.12. The van der Waals surface area contributed by atoms with Gasteiger partial charge in [-0.3, -0.25) is 4.57 Å². The van der Waals surface area contributed by atoms with Gasteiger partial charge in [-0.1, -0.05) is 44.7 Å². The van der Waals surface area contributed by atoms with Gasteiger partial charge in [0, 0.05) is 5.75 Å². The number of anilines is 1. The minimum Gasteiger partial charge on any atom is -0.812 e. The van der Waals surface area contributed by atoms with Gasteiger partial charge in [-0.25, -0.2) is 15.0 Å². The van der Waals surface area contributed by atoms with E-state index in [2.05, 4.69) is 38.2 Å². The monoisotopic (exact) mass is 523 g/mol. The van der Waals surface area contributed by atoms with Crippen LogP contribution in [0.3, 0.4) is 0 Å². The van der Waals surface area contributed by atoms with Gasteiger partial charge >= 0.3 is 59.1 Å². The maximum absolute atomic E-state index is 11.1. The molecule has 1 unspecified atom stereocenters. The number of nitrogen functional groups attached to an aromatic ring is 1. The summed E-state index contributed by atoms with van der Waals surface area (Å²) in [4.78, 5) is 35.0. The van der Waals surface area contributed by atoms with Crippen LogP contribution in [0.2, 0.25) is 0 Å². The quantitative estimate of drug-likeness (QED) is 0.0885. The second-order valence-electron chi connectivity index (χ2n) is 6.91. The number of unbranched alkanes of at least 4 members (excludes halogenated alkanes) is 3. The second-order valence-corrected chi connectivity index (χ2v) is 10.5. The Kier molecular flexibility index (Phi) is 13.6. The van der Waals surface area contributed by atoms with E-state index < -0.39 is 37.9 Å². The molecule has 16 heteroatoms. The molecule has 0 spiro atoms. The Morgan fingerprint density at radius 2 is 1.97 bits per heavy atom. The van der Waals surface area contributed by atoms with Crippen molar-refractivity contribution in [1.29, 1.82) is 0 Å². The van der Waals surface area contributed by atoms with Gasteiger partial charge in [0.05, 0.1) is 12.9 Å². The van der Waals surface area contributed by atoms with Crippen molar-refractivity contribution in [3.63, 3.8) is 0 Å². The van der Waals surface area contributed by atoms with Crippen molar-refractivity contribution in [2.24, 2.45) is 0 Å². The summed E-state index contributed by atoms with van der Waals surface area (Å²) >= 11 is 5.65. The molecule has 1 fully saturated rings. The van der Waals surface area contributed by atoms with Crippen LogP contribution in [0.5, 0.6) is 0 Å². The van der Waals surface area contributed by atoms with Crippen LogP contribution in [0.1, 0.15) is 38.8 Å². The molecule has 1 saturated heterocycles. The first-order valence-corrected chi connectivity index (χ1v) is 13.1. The normalized spacial score (nSPS) is 23.2. The van der Waals surface area contributed by atoms with E-state index in [1.807, 2.05) is 0 Å². The minimum atomic E-state index is -4.41. The summed E-state index contributed by atoms with van der Waals surface area (Å²) < 4.78 is 11.6. The maximum atomic E-state index is 11.1. The van der Waals surface area contributed by atoms with E-state index in [1.165, 1.54) is 29.1 Å². The minimum absolute atomic E-state index is 0. The Hall–Kier alpha value is 1.11. The Bertz CT molecular complexity index is 922. The average Bonchev–Trinajstić information content (AvgIpc) is 3.21. The van der Waals surface area contributed by atoms with Crippen molar-refractivity contribution in [2.45, 2.75) is 62.3 Å². The number of nitrogens with two attached hydrogens (primary N) is 1. The van der Waals surface area contributed by atoms with E-state index in [-0.39, 0.29) is 64.9 Å². The first-order chi connectivity index (χ1) is 14.2. The fourth-order valence-corrected chi connectivity index (χ4v) is 4.48. The molecular weight excluding hydrogens is 499 g/mol. The van der Waals surface area contributed by atoms with Gasteiger partial charge < -0.3 is 35.0 Å². The van der Waals surface area contributed by atoms with Crippen LogP contribution >= 0.6 is 18.5 Å². The van der Waals surface area contributed by atoms with E-state index in [1.54, 1.807) is 0 Å². The number of aliphatic hydroxyl groups is 2. The molecule has 3 rings (SSSR count). The van der Waals surface area contributed by atoms with Crippen LogP contribution in [-0.4, -0.2) is 60.4 Å². The Balaban J connectivity index is 0.00000256. The molecular formula is C16H24N5Na2O6PS2. The number of aromatic nitrogens is 4. The van der Waals surface area contributed by atoms with E-state index in [0.717, 1.165) is 25.0 Å². The number of aliphatic hydroxyl groups excluding tert-OH is 2. The van der Waals surface area contributed by atoms with Crippen molar-refractivity contribution in [2.75, 3.05) is 18.1 Å². The molecule has 4 atom stereocenters. The molecule has 1 aliphatic rings. The molecule has 11 nitrogen and oxygen atoms in total. The smallest absolute Gasteiger partial charge is 0.812 e. The van der Waals surface area contributed by atoms with E-state index in [4.69, 9.17) is 10.5 Å². The summed E-state index contributed by atoms with van der Waals surface area (Å²) in [7, 11) is 0. The molecule has 4 N–H and O–H groups in total. The summed E-state index contributed by atoms with van der Waals surface area (Å²) in [5.41, 5.74) is 6.70. The van der Waals surface area contributed by atoms with Crippen molar-refractivity contribution < 1.29 is 88.4 Å². The molecule has 0 saturated carbocycles. The zero-order valence-corrected chi connectivity index (χ0v) is 24.8. The van der Waals surface area contributed by atoms with E-state index in [9.17, 15) is 20.0 Å². The van der Waals surface area contributed by atoms with Gasteiger partial charge in [-0.2, -0.15) is 0 Å². The van der Waals surface area contributed by atoms with E-state index in [0.29, 0.717) is 16.3 Å². The topological polar surface area (TPSA) is 175 Å². The number of nitrogens with zero attached hydrogens (tertiary/aromatic N) is 4. The van der Waals surface area contributed by atoms with Gasteiger partial charge in [-0.05, 0) is 6.42 Å². The first kappa shape index (κ1) is 31.1. The number of rotatable bonds is 10.